The SMILES string of the molecule is COC(=O)/C=C/C(=O)N1C[C@@H]2CCC[C@]2(c2nnc(C3CC3)o2)C1. The van der Waals surface area contributed by atoms with E-state index in [9.17, 15) is 9.59 Å². The van der Waals surface area contributed by atoms with E-state index < -0.39 is 5.97 Å². The fourth-order valence-electron chi connectivity index (χ4n) is 4.05. The molecule has 128 valence electrons. The number of ether oxygens (including phenoxy) is 1. The number of fused-ring (bicyclic) bond motifs is 1. The predicted molar refractivity (Wildman–Crippen MR) is 83.0 cm³/mol. The van der Waals surface area contributed by atoms with E-state index in [0.29, 0.717) is 30.8 Å². The van der Waals surface area contributed by atoms with Gasteiger partial charge in [0, 0.05) is 31.2 Å². The van der Waals surface area contributed by atoms with Gasteiger partial charge in [-0.25, -0.2) is 4.79 Å². The second-order valence-electron chi connectivity index (χ2n) is 7.04. The van der Waals surface area contributed by atoms with Crippen molar-refractivity contribution in [3.8, 4) is 0 Å². The van der Waals surface area contributed by atoms with Crippen LogP contribution in [0.1, 0.15) is 49.8 Å². The molecule has 1 aromatic rings. The molecule has 0 N–H and O–H groups in total. The van der Waals surface area contributed by atoms with E-state index in [1.807, 2.05) is 0 Å². The number of amides is 1. The van der Waals surface area contributed by atoms with Crippen LogP contribution in [-0.2, 0) is 19.7 Å². The van der Waals surface area contributed by atoms with Gasteiger partial charge >= 0.3 is 5.97 Å². The molecule has 1 saturated heterocycles. The molecule has 3 fully saturated rings. The molecule has 2 atom stereocenters. The topological polar surface area (TPSA) is 85.5 Å². The van der Waals surface area contributed by atoms with Crippen molar-refractivity contribution in [3.63, 3.8) is 0 Å². The lowest BCUT2D eigenvalue weighted by Crippen LogP contribution is -2.34. The van der Waals surface area contributed by atoms with Crippen LogP contribution in [0.5, 0.6) is 0 Å². The molecule has 1 amide bonds. The first-order valence-corrected chi connectivity index (χ1v) is 8.51. The van der Waals surface area contributed by atoms with Crippen LogP contribution in [0.25, 0.3) is 0 Å². The third-order valence-corrected chi connectivity index (χ3v) is 5.54. The molecule has 7 heteroatoms. The summed E-state index contributed by atoms with van der Waals surface area (Å²) in [7, 11) is 1.29. The molecular weight excluding hydrogens is 310 g/mol. The highest BCUT2D eigenvalue weighted by molar-refractivity contribution is 5.94. The van der Waals surface area contributed by atoms with Gasteiger partial charge in [-0.15, -0.1) is 10.2 Å². The maximum absolute atomic E-state index is 12.4. The van der Waals surface area contributed by atoms with Gasteiger partial charge < -0.3 is 14.1 Å². The molecule has 1 aromatic heterocycles. The molecule has 3 aliphatic rings. The lowest BCUT2D eigenvalue weighted by Gasteiger charge is -2.24. The average Bonchev–Trinajstić information content (AvgIpc) is 3.01. The van der Waals surface area contributed by atoms with E-state index in [-0.39, 0.29) is 11.3 Å². The third-order valence-electron chi connectivity index (χ3n) is 5.54. The minimum Gasteiger partial charge on any atom is -0.466 e. The van der Waals surface area contributed by atoms with E-state index >= 15 is 0 Å². The second-order valence-corrected chi connectivity index (χ2v) is 7.04. The molecule has 2 heterocycles. The maximum atomic E-state index is 12.4. The fraction of sp³-hybridized carbons (Fsp3) is 0.647. The number of aromatic nitrogens is 2. The number of hydrogen-bond donors (Lipinski definition) is 0. The first-order chi connectivity index (χ1) is 11.6. The predicted octanol–water partition coefficient (Wildman–Crippen LogP) is 1.56. The van der Waals surface area contributed by atoms with Crippen LogP contribution in [0.15, 0.2) is 16.6 Å². The highest BCUT2D eigenvalue weighted by atomic mass is 16.5. The van der Waals surface area contributed by atoms with Crippen LogP contribution in [0.4, 0.5) is 0 Å². The van der Waals surface area contributed by atoms with Gasteiger partial charge in [0.25, 0.3) is 0 Å². The molecule has 2 aliphatic carbocycles. The molecule has 0 radical (unpaired) electrons. The summed E-state index contributed by atoms with van der Waals surface area (Å²) in [5.41, 5.74) is -0.213. The molecule has 2 saturated carbocycles. The van der Waals surface area contributed by atoms with E-state index in [2.05, 4.69) is 14.9 Å². The van der Waals surface area contributed by atoms with Crippen molar-refractivity contribution in [2.45, 2.75) is 43.4 Å². The standard InChI is InChI=1S/C17H21N3O4/c1-23-14(22)7-6-13(21)20-9-12-3-2-8-17(12,10-20)16-19-18-15(24-16)11-4-5-11/h6-7,11-12H,2-5,8-10H2,1H3/b7-6+/t12-,17-/m0/s1. The van der Waals surface area contributed by atoms with Crippen molar-refractivity contribution < 1.29 is 18.7 Å². The van der Waals surface area contributed by atoms with E-state index in [1.165, 1.54) is 19.3 Å². The molecule has 1 aliphatic heterocycles. The van der Waals surface area contributed by atoms with Gasteiger partial charge in [-0.3, -0.25) is 4.79 Å². The van der Waals surface area contributed by atoms with Crippen LogP contribution in [0.2, 0.25) is 0 Å². The fourth-order valence-corrected chi connectivity index (χ4v) is 4.05. The summed E-state index contributed by atoms with van der Waals surface area (Å²) < 4.78 is 10.5. The summed E-state index contributed by atoms with van der Waals surface area (Å²) in [6.45, 7) is 1.25. The third kappa shape index (κ3) is 2.52. The van der Waals surface area contributed by atoms with E-state index in [0.717, 1.165) is 38.0 Å². The Balaban J connectivity index is 1.53. The van der Waals surface area contributed by atoms with Gasteiger partial charge in [-0.2, -0.15) is 0 Å². The first-order valence-electron chi connectivity index (χ1n) is 8.51. The Labute approximate surface area is 140 Å². The van der Waals surface area contributed by atoms with E-state index in [4.69, 9.17) is 4.42 Å². The smallest absolute Gasteiger partial charge is 0.330 e. The summed E-state index contributed by atoms with van der Waals surface area (Å²) in [6.07, 6.45) is 7.85. The van der Waals surface area contributed by atoms with Crippen molar-refractivity contribution >= 4 is 11.9 Å². The van der Waals surface area contributed by atoms with Crippen LogP contribution in [0, 0.1) is 5.92 Å². The van der Waals surface area contributed by atoms with Crippen molar-refractivity contribution in [1.29, 1.82) is 0 Å². The number of hydrogen-bond acceptors (Lipinski definition) is 6. The quantitative estimate of drug-likeness (QED) is 0.615. The number of rotatable bonds is 4. The summed E-state index contributed by atoms with van der Waals surface area (Å²) in [4.78, 5) is 25.3. The Morgan fingerprint density at radius 3 is 2.88 bits per heavy atom. The number of nitrogens with zero attached hydrogens (tertiary/aromatic N) is 3. The minimum atomic E-state index is -0.525. The summed E-state index contributed by atoms with van der Waals surface area (Å²) in [6, 6.07) is 0. The molecule has 0 bridgehead atoms. The van der Waals surface area contributed by atoms with E-state index in [1.54, 1.807) is 4.90 Å². The Morgan fingerprint density at radius 2 is 2.12 bits per heavy atom. The van der Waals surface area contributed by atoms with Crippen LogP contribution in [0.3, 0.4) is 0 Å². The number of methoxy groups -OCH3 is 1. The average molecular weight is 331 g/mol. The Kier molecular flexibility index (Phi) is 3.66. The summed E-state index contributed by atoms with van der Waals surface area (Å²) in [5, 5.41) is 8.55. The number of carbonyl (C=O) groups excluding carboxylic acids is 2. The number of likely N-dealkylation sites (tertiary alicyclic amines) is 1. The van der Waals surface area contributed by atoms with Crippen LogP contribution >= 0.6 is 0 Å². The Hall–Kier alpha value is -2.18. The van der Waals surface area contributed by atoms with Gasteiger partial charge in [0.2, 0.25) is 17.7 Å². The van der Waals surface area contributed by atoms with Gasteiger partial charge in [-0.1, -0.05) is 6.42 Å². The van der Waals surface area contributed by atoms with Crippen LogP contribution < -0.4 is 0 Å². The zero-order chi connectivity index (χ0) is 16.7. The van der Waals surface area contributed by atoms with Gasteiger partial charge in [0.15, 0.2) is 0 Å². The first kappa shape index (κ1) is 15.4. The second kappa shape index (κ2) is 5.72. The number of carbonyl (C=O) groups is 2. The zero-order valence-corrected chi connectivity index (χ0v) is 13.7. The lowest BCUT2D eigenvalue weighted by atomic mass is 9.80. The van der Waals surface area contributed by atoms with Crippen molar-refractivity contribution in [2.24, 2.45) is 5.92 Å². The molecule has 0 spiro atoms. The largest absolute Gasteiger partial charge is 0.466 e. The molecule has 7 nitrogen and oxygen atoms in total. The molecule has 0 aromatic carbocycles. The monoisotopic (exact) mass is 331 g/mol. The van der Waals surface area contributed by atoms with Crippen molar-refractivity contribution in [1.82, 2.24) is 15.1 Å². The highest BCUT2D eigenvalue weighted by Gasteiger charge is 2.55. The number of esters is 1. The molecule has 0 unspecified atom stereocenters. The zero-order valence-electron chi connectivity index (χ0n) is 13.7. The van der Waals surface area contributed by atoms with Gasteiger partial charge in [-0.05, 0) is 31.6 Å². The Morgan fingerprint density at radius 1 is 1.29 bits per heavy atom. The summed E-state index contributed by atoms with van der Waals surface area (Å²) in [5.74, 6) is 1.53. The minimum absolute atomic E-state index is 0.170. The summed E-state index contributed by atoms with van der Waals surface area (Å²) >= 11 is 0. The Bertz CT molecular complexity index is 694. The van der Waals surface area contributed by atoms with Crippen molar-refractivity contribution in [2.75, 3.05) is 20.2 Å². The van der Waals surface area contributed by atoms with Crippen molar-refractivity contribution in [3.05, 3.63) is 23.9 Å². The van der Waals surface area contributed by atoms with Gasteiger partial charge in [0.1, 0.15) is 0 Å². The lowest BCUT2D eigenvalue weighted by molar-refractivity contribution is -0.135. The molecule has 4 rings (SSSR count). The maximum Gasteiger partial charge on any atom is 0.330 e. The van der Waals surface area contributed by atoms with Crippen LogP contribution in [-0.4, -0.2) is 47.2 Å². The van der Waals surface area contributed by atoms with Gasteiger partial charge in [0.05, 0.1) is 12.5 Å². The highest BCUT2D eigenvalue weighted by Crippen LogP contribution is 2.51. The molecular formula is C17H21N3O4. The molecule has 24 heavy (non-hydrogen) atoms. The normalized spacial score (nSPS) is 29.2.